The molecule has 0 aromatic rings. The SMILES string of the molecule is CCN(C)C1CCCC(C#N)(NC)C1. The van der Waals surface area contributed by atoms with E-state index >= 15 is 0 Å². The molecular formula is C11H21N3. The molecule has 2 atom stereocenters. The largest absolute Gasteiger partial charge is 0.304 e. The van der Waals surface area contributed by atoms with E-state index in [0.717, 1.165) is 25.8 Å². The van der Waals surface area contributed by atoms with E-state index in [2.05, 4.69) is 30.3 Å². The summed E-state index contributed by atoms with van der Waals surface area (Å²) < 4.78 is 0. The van der Waals surface area contributed by atoms with Crippen molar-refractivity contribution < 1.29 is 0 Å². The van der Waals surface area contributed by atoms with Crippen molar-refractivity contribution in [1.82, 2.24) is 10.2 Å². The van der Waals surface area contributed by atoms with Gasteiger partial charge in [0.05, 0.1) is 6.07 Å². The standard InChI is InChI=1S/C11H21N3/c1-4-14(3)10-6-5-7-11(8-10,9-12)13-2/h10,13H,4-8H2,1-3H3. The molecule has 1 saturated carbocycles. The predicted molar refractivity (Wildman–Crippen MR) is 58.0 cm³/mol. The summed E-state index contributed by atoms with van der Waals surface area (Å²) in [6.07, 6.45) is 4.34. The Morgan fingerprint density at radius 3 is 2.86 bits per heavy atom. The number of nitrogens with one attached hydrogen (secondary N) is 1. The molecule has 0 saturated heterocycles. The lowest BCUT2D eigenvalue weighted by atomic mass is 9.79. The van der Waals surface area contributed by atoms with Crippen LogP contribution in [-0.4, -0.2) is 37.1 Å². The van der Waals surface area contributed by atoms with Gasteiger partial charge in [0.2, 0.25) is 0 Å². The van der Waals surface area contributed by atoms with Gasteiger partial charge >= 0.3 is 0 Å². The van der Waals surface area contributed by atoms with Crippen LogP contribution in [0.2, 0.25) is 0 Å². The van der Waals surface area contributed by atoms with Crippen LogP contribution in [0.3, 0.4) is 0 Å². The molecule has 1 aliphatic carbocycles. The summed E-state index contributed by atoms with van der Waals surface area (Å²) >= 11 is 0. The van der Waals surface area contributed by atoms with Crippen molar-refractivity contribution >= 4 is 0 Å². The third kappa shape index (κ3) is 2.26. The molecule has 3 nitrogen and oxygen atoms in total. The predicted octanol–water partition coefficient (Wildman–Crippen LogP) is 1.36. The van der Waals surface area contributed by atoms with Crippen molar-refractivity contribution in [1.29, 1.82) is 5.26 Å². The van der Waals surface area contributed by atoms with Gasteiger partial charge in [-0.05, 0) is 46.3 Å². The number of nitriles is 1. The lowest BCUT2D eigenvalue weighted by Crippen LogP contribution is -2.50. The van der Waals surface area contributed by atoms with E-state index < -0.39 is 0 Å². The van der Waals surface area contributed by atoms with E-state index in [9.17, 15) is 5.26 Å². The Balaban J connectivity index is 2.64. The first kappa shape index (κ1) is 11.5. The molecule has 2 unspecified atom stereocenters. The van der Waals surface area contributed by atoms with Crippen LogP contribution < -0.4 is 5.32 Å². The second kappa shape index (κ2) is 4.77. The average Bonchev–Trinajstić information content (AvgIpc) is 2.28. The van der Waals surface area contributed by atoms with E-state index in [0.29, 0.717) is 6.04 Å². The summed E-state index contributed by atoms with van der Waals surface area (Å²) in [5, 5.41) is 12.4. The Labute approximate surface area is 87.1 Å². The van der Waals surface area contributed by atoms with Crippen LogP contribution in [0, 0.1) is 11.3 Å². The molecule has 0 radical (unpaired) electrons. The zero-order chi connectivity index (χ0) is 10.6. The first-order valence-electron chi connectivity index (χ1n) is 5.48. The number of hydrogen-bond acceptors (Lipinski definition) is 3. The highest BCUT2D eigenvalue weighted by Crippen LogP contribution is 2.29. The minimum Gasteiger partial charge on any atom is -0.304 e. The van der Waals surface area contributed by atoms with E-state index in [-0.39, 0.29) is 5.54 Å². The fraction of sp³-hybridized carbons (Fsp3) is 0.909. The molecule has 0 bridgehead atoms. The number of nitrogens with zero attached hydrogens (tertiary/aromatic N) is 2. The summed E-state index contributed by atoms with van der Waals surface area (Å²) in [6.45, 7) is 3.23. The molecule has 0 spiro atoms. The monoisotopic (exact) mass is 195 g/mol. The third-order valence-corrected chi connectivity index (χ3v) is 3.54. The molecule has 14 heavy (non-hydrogen) atoms. The quantitative estimate of drug-likeness (QED) is 0.739. The van der Waals surface area contributed by atoms with Gasteiger partial charge in [0.25, 0.3) is 0 Å². The van der Waals surface area contributed by atoms with Crippen molar-refractivity contribution in [3.8, 4) is 6.07 Å². The Bertz CT molecular complexity index is 221. The molecule has 80 valence electrons. The Kier molecular flexibility index (Phi) is 3.91. The third-order valence-electron chi connectivity index (χ3n) is 3.54. The van der Waals surface area contributed by atoms with Crippen LogP contribution in [0.1, 0.15) is 32.6 Å². The minimum atomic E-state index is -0.271. The van der Waals surface area contributed by atoms with E-state index in [1.807, 2.05) is 7.05 Å². The summed E-state index contributed by atoms with van der Waals surface area (Å²) in [5.74, 6) is 0. The van der Waals surface area contributed by atoms with Gasteiger partial charge in [-0.1, -0.05) is 6.92 Å². The summed E-state index contributed by atoms with van der Waals surface area (Å²) in [7, 11) is 4.05. The number of rotatable bonds is 3. The second-order valence-electron chi connectivity index (χ2n) is 4.27. The first-order chi connectivity index (χ1) is 6.67. The molecule has 3 heteroatoms. The maximum atomic E-state index is 9.18. The van der Waals surface area contributed by atoms with Crippen LogP contribution in [0.4, 0.5) is 0 Å². The van der Waals surface area contributed by atoms with E-state index in [4.69, 9.17) is 0 Å². The van der Waals surface area contributed by atoms with Crippen molar-refractivity contribution in [3.63, 3.8) is 0 Å². The summed E-state index contributed by atoms with van der Waals surface area (Å²) in [6, 6.07) is 3.01. The van der Waals surface area contributed by atoms with Gasteiger partial charge in [0.15, 0.2) is 0 Å². The van der Waals surface area contributed by atoms with Crippen molar-refractivity contribution in [2.24, 2.45) is 0 Å². The fourth-order valence-corrected chi connectivity index (χ4v) is 2.26. The molecule has 0 heterocycles. The van der Waals surface area contributed by atoms with E-state index in [1.165, 1.54) is 6.42 Å². The van der Waals surface area contributed by atoms with Gasteiger partial charge in [-0.25, -0.2) is 0 Å². The van der Waals surface area contributed by atoms with Crippen LogP contribution in [0.25, 0.3) is 0 Å². The highest BCUT2D eigenvalue weighted by atomic mass is 15.1. The maximum absolute atomic E-state index is 9.18. The molecule has 1 N–H and O–H groups in total. The lowest BCUT2D eigenvalue weighted by molar-refractivity contribution is 0.154. The van der Waals surface area contributed by atoms with Gasteiger partial charge in [0, 0.05) is 6.04 Å². The molecule has 1 aliphatic rings. The Morgan fingerprint density at radius 2 is 2.36 bits per heavy atom. The molecular weight excluding hydrogens is 174 g/mol. The normalized spacial score (nSPS) is 32.9. The van der Waals surface area contributed by atoms with Crippen LogP contribution in [0.5, 0.6) is 0 Å². The van der Waals surface area contributed by atoms with Crippen molar-refractivity contribution in [2.45, 2.75) is 44.2 Å². The molecule has 1 fully saturated rings. The van der Waals surface area contributed by atoms with E-state index in [1.54, 1.807) is 0 Å². The second-order valence-corrected chi connectivity index (χ2v) is 4.27. The summed E-state index contributed by atoms with van der Waals surface area (Å²) in [5.41, 5.74) is -0.271. The van der Waals surface area contributed by atoms with Crippen LogP contribution in [0.15, 0.2) is 0 Å². The zero-order valence-electron chi connectivity index (χ0n) is 9.51. The van der Waals surface area contributed by atoms with Crippen LogP contribution in [-0.2, 0) is 0 Å². The molecule has 0 aromatic carbocycles. The van der Waals surface area contributed by atoms with Gasteiger partial charge in [-0.15, -0.1) is 0 Å². The van der Waals surface area contributed by atoms with Crippen LogP contribution >= 0.6 is 0 Å². The molecule has 1 rings (SSSR count). The molecule has 0 aromatic heterocycles. The van der Waals surface area contributed by atoms with Gasteiger partial charge in [-0.3, -0.25) is 0 Å². The maximum Gasteiger partial charge on any atom is 0.108 e. The zero-order valence-corrected chi connectivity index (χ0v) is 9.51. The topological polar surface area (TPSA) is 39.1 Å². The fourth-order valence-electron chi connectivity index (χ4n) is 2.26. The highest BCUT2D eigenvalue weighted by Gasteiger charge is 2.36. The highest BCUT2D eigenvalue weighted by molar-refractivity contribution is 5.10. The van der Waals surface area contributed by atoms with Gasteiger partial charge in [-0.2, -0.15) is 5.26 Å². The average molecular weight is 195 g/mol. The lowest BCUT2D eigenvalue weighted by Gasteiger charge is -2.39. The van der Waals surface area contributed by atoms with Crippen molar-refractivity contribution in [3.05, 3.63) is 0 Å². The Hall–Kier alpha value is -0.590. The molecule has 0 aliphatic heterocycles. The minimum absolute atomic E-state index is 0.271. The smallest absolute Gasteiger partial charge is 0.108 e. The van der Waals surface area contributed by atoms with Gasteiger partial charge in [0.1, 0.15) is 5.54 Å². The Morgan fingerprint density at radius 1 is 1.64 bits per heavy atom. The van der Waals surface area contributed by atoms with Gasteiger partial charge < -0.3 is 10.2 Å². The van der Waals surface area contributed by atoms with Crippen molar-refractivity contribution in [2.75, 3.05) is 20.6 Å². The summed E-state index contributed by atoms with van der Waals surface area (Å²) in [4.78, 5) is 2.35. The first-order valence-corrected chi connectivity index (χ1v) is 5.48. The number of hydrogen-bond donors (Lipinski definition) is 1. The molecule has 0 amide bonds.